The van der Waals surface area contributed by atoms with Crippen LogP contribution in [0.1, 0.15) is 10.5 Å². The van der Waals surface area contributed by atoms with Crippen LogP contribution in [0.15, 0.2) is 29.2 Å². The van der Waals surface area contributed by atoms with Gasteiger partial charge in [0.2, 0.25) is 5.43 Å². The summed E-state index contributed by atoms with van der Waals surface area (Å²) in [6, 6.07) is 4.18. The molecule has 70 valence electrons. The van der Waals surface area contributed by atoms with Crippen LogP contribution in [0.2, 0.25) is 0 Å². The van der Waals surface area contributed by atoms with Crippen molar-refractivity contribution >= 4 is 17.0 Å². The van der Waals surface area contributed by atoms with E-state index in [1.165, 1.54) is 24.4 Å². The molecule has 0 amide bonds. The first-order chi connectivity index (χ1) is 6.68. The number of nitrogens with one attached hydrogen (secondary N) is 1. The Hall–Kier alpha value is -2.17. The summed E-state index contributed by atoms with van der Waals surface area (Å²) in [6.45, 7) is 0. The standard InChI is InChI=1S/C9H6N2O3/c12-7-3-4-10-5-1-2-6(9(13)14)11-8(5)7/h1-4H,(H,10,12)(H,13,14). The third-order valence-electron chi connectivity index (χ3n) is 1.82. The molecular formula is C9H6N2O3. The molecule has 2 heterocycles. The van der Waals surface area contributed by atoms with Gasteiger partial charge in [-0.2, -0.15) is 0 Å². The molecule has 2 aromatic heterocycles. The average molecular weight is 190 g/mol. The van der Waals surface area contributed by atoms with Crippen LogP contribution in [0.3, 0.4) is 0 Å². The highest BCUT2D eigenvalue weighted by molar-refractivity contribution is 5.88. The van der Waals surface area contributed by atoms with Gasteiger partial charge in [0.1, 0.15) is 11.2 Å². The Kier molecular flexibility index (Phi) is 1.78. The number of carboxylic acid groups (broad SMARTS) is 1. The molecule has 0 aliphatic rings. The number of H-pyrrole nitrogens is 1. The molecule has 0 aliphatic carbocycles. The predicted octanol–water partition coefficient (Wildman–Crippen LogP) is 0.621. The van der Waals surface area contributed by atoms with Crippen LogP contribution in [0.5, 0.6) is 0 Å². The zero-order valence-electron chi connectivity index (χ0n) is 7.02. The van der Waals surface area contributed by atoms with Crippen molar-refractivity contribution in [2.75, 3.05) is 0 Å². The topological polar surface area (TPSA) is 83.0 Å². The summed E-state index contributed by atoms with van der Waals surface area (Å²) in [5.41, 5.74) is 0.256. The first-order valence-electron chi connectivity index (χ1n) is 3.90. The highest BCUT2D eigenvalue weighted by atomic mass is 16.4. The molecule has 14 heavy (non-hydrogen) atoms. The van der Waals surface area contributed by atoms with Gasteiger partial charge in [0.15, 0.2) is 0 Å². The van der Waals surface area contributed by atoms with Crippen molar-refractivity contribution < 1.29 is 9.90 Å². The van der Waals surface area contributed by atoms with Gasteiger partial charge in [-0.15, -0.1) is 0 Å². The zero-order chi connectivity index (χ0) is 10.1. The molecule has 0 saturated carbocycles. The molecule has 5 heteroatoms. The second kappa shape index (κ2) is 2.95. The molecule has 5 nitrogen and oxygen atoms in total. The maximum atomic E-state index is 11.3. The molecule has 0 unspecified atom stereocenters. The highest BCUT2D eigenvalue weighted by Crippen LogP contribution is 2.04. The molecule has 0 spiro atoms. The molecule has 0 saturated heterocycles. The third kappa shape index (κ3) is 1.24. The second-order valence-electron chi connectivity index (χ2n) is 2.74. The lowest BCUT2D eigenvalue weighted by atomic mass is 10.3. The summed E-state index contributed by atoms with van der Waals surface area (Å²) in [4.78, 5) is 28.4. The summed E-state index contributed by atoms with van der Waals surface area (Å²) < 4.78 is 0. The van der Waals surface area contributed by atoms with E-state index in [4.69, 9.17) is 5.11 Å². The Balaban J connectivity index is 2.83. The molecule has 2 rings (SSSR count). The van der Waals surface area contributed by atoms with Crippen molar-refractivity contribution in [1.82, 2.24) is 9.97 Å². The van der Waals surface area contributed by atoms with Crippen LogP contribution in [-0.4, -0.2) is 21.0 Å². The smallest absolute Gasteiger partial charge is 0.354 e. The minimum Gasteiger partial charge on any atom is -0.477 e. The number of carboxylic acids is 1. The average Bonchev–Trinajstić information content (AvgIpc) is 2.18. The van der Waals surface area contributed by atoms with Gasteiger partial charge in [-0.1, -0.05) is 0 Å². The minimum absolute atomic E-state index is 0.130. The molecule has 0 aliphatic heterocycles. The van der Waals surface area contributed by atoms with Crippen molar-refractivity contribution in [3.8, 4) is 0 Å². The Bertz CT molecular complexity index is 559. The van der Waals surface area contributed by atoms with E-state index in [2.05, 4.69) is 9.97 Å². The first kappa shape index (κ1) is 8.43. The maximum Gasteiger partial charge on any atom is 0.354 e. The lowest BCUT2D eigenvalue weighted by Crippen LogP contribution is -2.07. The van der Waals surface area contributed by atoms with Crippen LogP contribution in [-0.2, 0) is 0 Å². The van der Waals surface area contributed by atoms with Crippen LogP contribution in [0.25, 0.3) is 11.0 Å². The molecule has 2 N–H and O–H groups in total. The van der Waals surface area contributed by atoms with Crippen LogP contribution < -0.4 is 5.43 Å². The largest absolute Gasteiger partial charge is 0.477 e. The lowest BCUT2D eigenvalue weighted by molar-refractivity contribution is 0.0691. The summed E-state index contributed by atoms with van der Waals surface area (Å²) in [5, 5.41) is 8.66. The number of aromatic amines is 1. The van der Waals surface area contributed by atoms with Crippen LogP contribution >= 0.6 is 0 Å². The number of aromatic carboxylic acids is 1. The van der Waals surface area contributed by atoms with E-state index in [1.807, 2.05) is 0 Å². The summed E-state index contributed by atoms with van der Waals surface area (Å²) in [5.74, 6) is -1.14. The summed E-state index contributed by atoms with van der Waals surface area (Å²) in [6.07, 6.45) is 1.49. The van der Waals surface area contributed by atoms with E-state index in [9.17, 15) is 9.59 Å². The summed E-state index contributed by atoms with van der Waals surface area (Å²) >= 11 is 0. The monoisotopic (exact) mass is 190 g/mol. The Morgan fingerprint density at radius 2 is 2.14 bits per heavy atom. The van der Waals surface area contributed by atoms with Crippen LogP contribution in [0, 0.1) is 0 Å². The van der Waals surface area contributed by atoms with Crippen LogP contribution in [0.4, 0.5) is 0 Å². The Labute approximate surface area is 78.0 Å². The van der Waals surface area contributed by atoms with Gasteiger partial charge in [0.25, 0.3) is 0 Å². The Morgan fingerprint density at radius 3 is 2.86 bits per heavy atom. The number of hydrogen-bond donors (Lipinski definition) is 2. The number of carbonyl (C=O) groups is 1. The molecule has 0 aromatic carbocycles. The number of fused-ring (bicyclic) bond motifs is 1. The second-order valence-corrected chi connectivity index (χ2v) is 2.74. The SMILES string of the molecule is O=C(O)c1ccc2[nH]ccc(=O)c2n1. The van der Waals surface area contributed by atoms with E-state index >= 15 is 0 Å². The van der Waals surface area contributed by atoms with Gasteiger partial charge in [0, 0.05) is 12.3 Å². The molecule has 0 radical (unpaired) electrons. The number of aromatic nitrogens is 2. The van der Waals surface area contributed by atoms with Gasteiger partial charge in [-0.3, -0.25) is 4.79 Å². The highest BCUT2D eigenvalue weighted by Gasteiger charge is 2.06. The molecule has 0 fully saturated rings. The van der Waals surface area contributed by atoms with Gasteiger partial charge >= 0.3 is 5.97 Å². The van der Waals surface area contributed by atoms with E-state index in [0.717, 1.165) is 0 Å². The zero-order valence-corrected chi connectivity index (χ0v) is 7.02. The van der Waals surface area contributed by atoms with Crippen molar-refractivity contribution in [2.24, 2.45) is 0 Å². The molecule has 2 aromatic rings. The summed E-state index contributed by atoms with van der Waals surface area (Å²) in [7, 11) is 0. The fourth-order valence-electron chi connectivity index (χ4n) is 1.17. The minimum atomic E-state index is -1.14. The van der Waals surface area contributed by atoms with Gasteiger partial charge in [-0.05, 0) is 12.1 Å². The number of hydrogen-bond acceptors (Lipinski definition) is 3. The molecule has 0 atom stereocenters. The fraction of sp³-hybridized carbons (Fsp3) is 0. The van der Waals surface area contributed by atoms with Crippen molar-refractivity contribution in [1.29, 1.82) is 0 Å². The predicted molar refractivity (Wildman–Crippen MR) is 49.3 cm³/mol. The van der Waals surface area contributed by atoms with Gasteiger partial charge in [0.05, 0.1) is 5.52 Å². The van der Waals surface area contributed by atoms with Crippen molar-refractivity contribution in [3.63, 3.8) is 0 Å². The number of nitrogens with zero attached hydrogens (tertiary/aromatic N) is 1. The van der Waals surface area contributed by atoms with Crippen molar-refractivity contribution in [3.05, 3.63) is 40.3 Å². The maximum absolute atomic E-state index is 11.3. The third-order valence-corrected chi connectivity index (χ3v) is 1.82. The van der Waals surface area contributed by atoms with E-state index in [1.54, 1.807) is 0 Å². The van der Waals surface area contributed by atoms with E-state index in [-0.39, 0.29) is 16.6 Å². The van der Waals surface area contributed by atoms with E-state index < -0.39 is 5.97 Å². The van der Waals surface area contributed by atoms with Gasteiger partial charge < -0.3 is 10.1 Å². The first-order valence-corrected chi connectivity index (χ1v) is 3.90. The molecule has 0 bridgehead atoms. The van der Waals surface area contributed by atoms with Gasteiger partial charge in [-0.25, -0.2) is 9.78 Å². The fourth-order valence-corrected chi connectivity index (χ4v) is 1.17. The number of pyridine rings is 2. The quantitative estimate of drug-likeness (QED) is 0.690. The van der Waals surface area contributed by atoms with Crippen molar-refractivity contribution in [2.45, 2.75) is 0 Å². The number of rotatable bonds is 1. The Morgan fingerprint density at radius 1 is 1.36 bits per heavy atom. The molecular weight excluding hydrogens is 184 g/mol. The normalized spacial score (nSPS) is 10.3. The van der Waals surface area contributed by atoms with E-state index in [0.29, 0.717) is 5.52 Å². The lowest BCUT2D eigenvalue weighted by Gasteiger charge is -1.97.